The fourth-order valence-electron chi connectivity index (χ4n) is 0.575. The predicted molar refractivity (Wildman–Crippen MR) is 43.9 cm³/mol. The van der Waals surface area contributed by atoms with Gasteiger partial charge in [-0.25, -0.2) is 0 Å². The van der Waals surface area contributed by atoms with Crippen molar-refractivity contribution in [3.8, 4) is 0 Å². The molecule has 0 atom stereocenters. The van der Waals surface area contributed by atoms with Crippen LogP contribution >= 0.6 is 11.6 Å². The molecule has 0 bridgehead atoms. The van der Waals surface area contributed by atoms with E-state index in [0.29, 0.717) is 5.88 Å². The van der Waals surface area contributed by atoms with Gasteiger partial charge in [-0.05, 0) is 19.3 Å². The van der Waals surface area contributed by atoms with E-state index in [1.54, 1.807) is 6.08 Å². The standard InChI is InChI=1S/C6H12BClO2/c8-6-4-2-1-3-5-7(9)10/h3,5,9-10H,1-2,4,6H2/b5-3+. The fraction of sp³-hybridized carbons (Fsp3) is 0.667. The second kappa shape index (κ2) is 7.13. The minimum Gasteiger partial charge on any atom is -0.424 e. The number of hydrogen-bond acceptors (Lipinski definition) is 2. The maximum absolute atomic E-state index is 8.35. The number of allylic oxidation sites excluding steroid dienone is 1. The van der Waals surface area contributed by atoms with Crippen LogP contribution in [0.15, 0.2) is 12.1 Å². The zero-order valence-electron chi connectivity index (χ0n) is 5.83. The molecule has 2 nitrogen and oxygen atoms in total. The van der Waals surface area contributed by atoms with E-state index in [-0.39, 0.29) is 0 Å². The zero-order valence-corrected chi connectivity index (χ0v) is 6.59. The number of halogens is 1. The van der Waals surface area contributed by atoms with E-state index in [1.165, 1.54) is 5.98 Å². The Hall–Kier alpha value is 0.0149. The van der Waals surface area contributed by atoms with Crippen molar-refractivity contribution < 1.29 is 10.0 Å². The highest BCUT2D eigenvalue weighted by Crippen LogP contribution is 1.97. The molecule has 0 radical (unpaired) electrons. The van der Waals surface area contributed by atoms with Gasteiger partial charge in [0.2, 0.25) is 0 Å². The van der Waals surface area contributed by atoms with Crippen LogP contribution < -0.4 is 0 Å². The van der Waals surface area contributed by atoms with E-state index in [2.05, 4.69) is 0 Å². The molecule has 0 saturated carbocycles. The third-order valence-electron chi connectivity index (χ3n) is 1.06. The van der Waals surface area contributed by atoms with Gasteiger partial charge in [0, 0.05) is 5.88 Å². The van der Waals surface area contributed by atoms with Crippen molar-refractivity contribution in [2.45, 2.75) is 19.3 Å². The highest BCUT2D eigenvalue weighted by atomic mass is 35.5. The number of hydrogen-bond donors (Lipinski definition) is 2. The van der Waals surface area contributed by atoms with Gasteiger partial charge in [0.15, 0.2) is 0 Å². The molecule has 0 fully saturated rings. The Kier molecular flexibility index (Phi) is 7.14. The lowest BCUT2D eigenvalue weighted by molar-refractivity contribution is 0.424. The normalized spacial score (nSPS) is 10.7. The minimum atomic E-state index is -1.31. The predicted octanol–water partition coefficient (Wildman–Crippen LogP) is 0.964. The Morgan fingerprint density at radius 2 is 2.00 bits per heavy atom. The average Bonchev–Trinajstić information content (AvgIpc) is 1.87. The molecule has 0 spiro atoms. The quantitative estimate of drug-likeness (QED) is 0.359. The van der Waals surface area contributed by atoms with Crippen LogP contribution in [0.1, 0.15) is 19.3 Å². The lowest BCUT2D eigenvalue weighted by Gasteiger charge is -1.90. The van der Waals surface area contributed by atoms with Gasteiger partial charge in [-0.15, -0.1) is 11.6 Å². The Balaban J connectivity index is 3.02. The van der Waals surface area contributed by atoms with E-state index < -0.39 is 7.12 Å². The molecule has 0 aromatic rings. The summed E-state index contributed by atoms with van der Waals surface area (Å²) in [4.78, 5) is 0. The molecule has 0 unspecified atom stereocenters. The highest BCUT2D eigenvalue weighted by Gasteiger charge is 1.96. The Morgan fingerprint density at radius 1 is 1.30 bits per heavy atom. The lowest BCUT2D eigenvalue weighted by Crippen LogP contribution is -2.05. The van der Waals surface area contributed by atoms with Crippen molar-refractivity contribution in [3.63, 3.8) is 0 Å². The number of alkyl halides is 1. The SMILES string of the molecule is OB(O)/C=C/CCCCCl. The first-order chi connectivity index (χ1) is 4.77. The molecule has 0 aromatic carbocycles. The second-order valence-corrected chi connectivity index (χ2v) is 2.40. The van der Waals surface area contributed by atoms with E-state index in [1.807, 2.05) is 0 Å². The third-order valence-corrected chi connectivity index (χ3v) is 1.33. The smallest absolute Gasteiger partial charge is 0.424 e. The van der Waals surface area contributed by atoms with Gasteiger partial charge in [-0.1, -0.05) is 12.1 Å². The van der Waals surface area contributed by atoms with Crippen LogP contribution in [-0.2, 0) is 0 Å². The summed E-state index contributed by atoms with van der Waals surface area (Å²) in [5, 5.41) is 16.7. The van der Waals surface area contributed by atoms with Crippen LogP contribution in [0.5, 0.6) is 0 Å². The molecule has 0 aliphatic heterocycles. The lowest BCUT2D eigenvalue weighted by atomic mass is 9.91. The van der Waals surface area contributed by atoms with Gasteiger partial charge in [0.1, 0.15) is 0 Å². The average molecular weight is 162 g/mol. The van der Waals surface area contributed by atoms with E-state index in [0.717, 1.165) is 19.3 Å². The molecule has 0 aliphatic rings. The first-order valence-corrected chi connectivity index (χ1v) is 3.89. The molecule has 0 aromatic heterocycles. The van der Waals surface area contributed by atoms with Gasteiger partial charge in [0.05, 0.1) is 0 Å². The molecule has 0 rings (SSSR count). The molecular weight excluding hydrogens is 150 g/mol. The summed E-state index contributed by atoms with van der Waals surface area (Å²) in [6.07, 6.45) is 4.60. The molecule has 2 N–H and O–H groups in total. The van der Waals surface area contributed by atoms with Crippen LogP contribution in [0, 0.1) is 0 Å². The van der Waals surface area contributed by atoms with Crippen molar-refractivity contribution in [2.75, 3.05) is 5.88 Å². The van der Waals surface area contributed by atoms with Crippen molar-refractivity contribution in [3.05, 3.63) is 12.1 Å². The third kappa shape index (κ3) is 8.01. The molecule has 0 aliphatic carbocycles. The van der Waals surface area contributed by atoms with Gasteiger partial charge in [0.25, 0.3) is 0 Å². The van der Waals surface area contributed by atoms with Gasteiger partial charge in [-0.2, -0.15) is 0 Å². The highest BCUT2D eigenvalue weighted by molar-refractivity contribution is 6.47. The molecular formula is C6H12BClO2. The van der Waals surface area contributed by atoms with Crippen LogP contribution in [0.4, 0.5) is 0 Å². The van der Waals surface area contributed by atoms with Gasteiger partial charge in [-0.3, -0.25) is 0 Å². The zero-order chi connectivity index (χ0) is 7.82. The Bertz CT molecular complexity index is 95.7. The summed E-state index contributed by atoms with van der Waals surface area (Å²) in [6, 6.07) is 0. The minimum absolute atomic E-state index is 0.676. The molecule has 58 valence electrons. The van der Waals surface area contributed by atoms with E-state index in [9.17, 15) is 0 Å². The Morgan fingerprint density at radius 3 is 2.50 bits per heavy atom. The van der Waals surface area contributed by atoms with Crippen LogP contribution in [0.3, 0.4) is 0 Å². The second-order valence-electron chi connectivity index (χ2n) is 2.03. The maximum Gasteiger partial charge on any atom is 0.480 e. The van der Waals surface area contributed by atoms with Crippen LogP contribution in [0.25, 0.3) is 0 Å². The molecule has 10 heavy (non-hydrogen) atoms. The summed E-state index contributed by atoms with van der Waals surface area (Å²) >= 11 is 5.42. The van der Waals surface area contributed by atoms with Crippen molar-refractivity contribution >= 4 is 18.7 Å². The van der Waals surface area contributed by atoms with Crippen molar-refractivity contribution in [1.29, 1.82) is 0 Å². The maximum atomic E-state index is 8.35. The van der Waals surface area contributed by atoms with E-state index in [4.69, 9.17) is 21.6 Å². The molecule has 0 amide bonds. The monoisotopic (exact) mass is 162 g/mol. The van der Waals surface area contributed by atoms with Gasteiger partial charge < -0.3 is 10.0 Å². The summed E-state index contributed by atoms with van der Waals surface area (Å²) in [5.74, 6) is 2.03. The van der Waals surface area contributed by atoms with Crippen LogP contribution in [0.2, 0.25) is 0 Å². The van der Waals surface area contributed by atoms with E-state index >= 15 is 0 Å². The summed E-state index contributed by atoms with van der Waals surface area (Å²) in [7, 11) is -1.31. The van der Waals surface area contributed by atoms with Crippen molar-refractivity contribution in [1.82, 2.24) is 0 Å². The number of rotatable bonds is 5. The Labute approximate surface area is 66.7 Å². The summed E-state index contributed by atoms with van der Waals surface area (Å²) in [5.41, 5.74) is 0. The molecule has 0 heterocycles. The van der Waals surface area contributed by atoms with Gasteiger partial charge >= 0.3 is 7.12 Å². The molecule has 0 saturated heterocycles. The number of unbranched alkanes of at least 4 members (excludes halogenated alkanes) is 2. The molecule has 4 heteroatoms. The summed E-state index contributed by atoms with van der Waals surface area (Å²) < 4.78 is 0. The topological polar surface area (TPSA) is 40.5 Å². The summed E-state index contributed by atoms with van der Waals surface area (Å²) in [6.45, 7) is 0. The van der Waals surface area contributed by atoms with Crippen LogP contribution in [-0.4, -0.2) is 23.0 Å². The first kappa shape index (κ1) is 10.0. The largest absolute Gasteiger partial charge is 0.480 e. The fourth-order valence-corrected chi connectivity index (χ4v) is 0.764. The first-order valence-electron chi connectivity index (χ1n) is 3.36. The van der Waals surface area contributed by atoms with Crippen molar-refractivity contribution in [2.24, 2.45) is 0 Å².